The molecule has 0 aromatic rings. The first-order chi connectivity index (χ1) is 6.11. The van der Waals surface area contributed by atoms with Gasteiger partial charge in [-0.25, -0.2) is 0 Å². The molecule has 2 atom stereocenters. The van der Waals surface area contributed by atoms with Crippen molar-refractivity contribution >= 4 is 11.9 Å². The summed E-state index contributed by atoms with van der Waals surface area (Å²) in [5.74, 6) is -2.86. The van der Waals surface area contributed by atoms with Crippen LogP contribution in [-0.2, 0) is 14.3 Å². The number of carboxylic acid groups (broad SMARTS) is 2. The summed E-state index contributed by atoms with van der Waals surface area (Å²) in [5, 5.41) is 17.3. The summed E-state index contributed by atoms with van der Waals surface area (Å²) in [6.07, 6.45) is 0.434. The van der Waals surface area contributed by atoms with Crippen molar-refractivity contribution < 1.29 is 24.5 Å². The largest absolute Gasteiger partial charge is 0.481 e. The van der Waals surface area contributed by atoms with Gasteiger partial charge in [-0.15, -0.1) is 0 Å². The molecular formula is C8H12O5. The predicted molar refractivity (Wildman–Crippen MR) is 42.3 cm³/mol. The fourth-order valence-corrected chi connectivity index (χ4v) is 1.52. The fourth-order valence-electron chi connectivity index (χ4n) is 1.52. The second kappa shape index (κ2) is 4.23. The molecule has 0 bridgehead atoms. The van der Waals surface area contributed by atoms with Gasteiger partial charge in [-0.1, -0.05) is 0 Å². The van der Waals surface area contributed by atoms with Crippen LogP contribution in [0.25, 0.3) is 0 Å². The van der Waals surface area contributed by atoms with Gasteiger partial charge in [0.05, 0.1) is 12.5 Å². The molecule has 1 aliphatic heterocycles. The second-order valence-electron chi connectivity index (χ2n) is 3.17. The van der Waals surface area contributed by atoms with Gasteiger partial charge in [0, 0.05) is 13.0 Å². The molecule has 5 heteroatoms. The third-order valence-electron chi connectivity index (χ3n) is 2.25. The van der Waals surface area contributed by atoms with Crippen molar-refractivity contribution in [2.45, 2.75) is 12.8 Å². The van der Waals surface area contributed by atoms with E-state index in [0.29, 0.717) is 13.0 Å². The molecule has 0 unspecified atom stereocenters. The Morgan fingerprint density at radius 2 is 2.08 bits per heavy atom. The molecule has 0 aliphatic carbocycles. The molecule has 1 rings (SSSR count). The molecule has 0 radical (unpaired) electrons. The van der Waals surface area contributed by atoms with Gasteiger partial charge in [0.25, 0.3) is 0 Å². The highest BCUT2D eigenvalue weighted by molar-refractivity contribution is 5.73. The Balaban J connectivity index is 2.56. The highest BCUT2D eigenvalue weighted by Crippen LogP contribution is 2.25. The van der Waals surface area contributed by atoms with Crippen molar-refractivity contribution in [3.05, 3.63) is 0 Å². The normalized spacial score (nSPS) is 28.3. The molecule has 1 fully saturated rings. The third kappa shape index (κ3) is 2.69. The summed E-state index contributed by atoms with van der Waals surface area (Å²) >= 11 is 0. The molecular weight excluding hydrogens is 176 g/mol. The van der Waals surface area contributed by atoms with Crippen LogP contribution in [0.4, 0.5) is 0 Å². The van der Waals surface area contributed by atoms with E-state index in [1.54, 1.807) is 0 Å². The smallest absolute Gasteiger partial charge is 0.309 e. The van der Waals surface area contributed by atoms with E-state index in [-0.39, 0.29) is 18.9 Å². The summed E-state index contributed by atoms with van der Waals surface area (Å²) in [6.45, 7) is 0.592. The SMILES string of the molecule is O=C(O)C[C@H]1CCOC[C@H]1C(=O)O. The zero-order valence-corrected chi connectivity index (χ0v) is 7.10. The maximum Gasteiger partial charge on any atom is 0.309 e. The average Bonchev–Trinajstić information content (AvgIpc) is 2.03. The minimum Gasteiger partial charge on any atom is -0.481 e. The zero-order chi connectivity index (χ0) is 9.84. The van der Waals surface area contributed by atoms with Crippen molar-refractivity contribution in [3.8, 4) is 0 Å². The van der Waals surface area contributed by atoms with Crippen molar-refractivity contribution in [1.82, 2.24) is 0 Å². The molecule has 2 N–H and O–H groups in total. The molecule has 1 aliphatic rings. The van der Waals surface area contributed by atoms with E-state index in [1.165, 1.54) is 0 Å². The van der Waals surface area contributed by atoms with Gasteiger partial charge in [-0.2, -0.15) is 0 Å². The van der Waals surface area contributed by atoms with Crippen molar-refractivity contribution in [3.63, 3.8) is 0 Å². The average molecular weight is 188 g/mol. The molecule has 74 valence electrons. The van der Waals surface area contributed by atoms with Crippen molar-refractivity contribution in [2.75, 3.05) is 13.2 Å². The van der Waals surface area contributed by atoms with Gasteiger partial charge in [-0.05, 0) is 12.3 Å². The Bertz CT molecular complexity index is 213. The lowest BCUT2D eigenvalue weighted by atomic mass is 9.86. The van der Waals surface area contributed by atoms with Gasteiger partial charge in [0.1, 0.15) is 0 Å². The van der Waals surface area contributed by atoms with Crippen LogP contribution in [-0.4, -0.2) is 35.4 Å². The number of carboxylic acids is 2. The van der Waals surface area contributed by atoms with Gasteiger partial charge in [0.2, 0.25) is 0 Å². The molecule has 1 heterocycles. The second-order valence-corrected chi connectivity index (χ2v) is 3.17. The zero-order valence-electron chi connectivity index (χ0n) is 7.10. The molecule has 1 saturated heterocycles. The Hall–Kier alpha value is -1.10. The summed E-state index contributed by atoms with van der Waals surface area (Å²) in [5.41, 5.74) is 0. The third-order valence-corrected chi connectivity index (χ3v) is 2.25. The van der Waals surface area contributed by atoms with Crippen LogP contribution in [0.3, 0.4) is 0 Å². The van der Waals surface area contributed by atoms with Gasteiger partial charge < -0.3 is 14.9 Å². The standard InChI is InChI=1S/C8H12O5/c9-7(10)3-5-1-2-13-4-6(5)8(11)12/h5-6H,1-4H2,(H,9,10)(H,11,12)/t5-,6-/m1/s1. The van der Waals surface area contributed by atoms with Crippen LogP contribution in [0.15, 0.2) is 0 Å². The Labute approximate surface area is 75.3 Å². The molecule has 0 spiro atoms. The van der Waals surface area contributed by atoms with Crippen molar-refractivity contribution in [1.29, 1.82) is 0 Å². The van der Waals surface area contributed by atoms with Crippen molar-refractivity contribution in [2.24, 2.45) is 11.8 Å². The first-order valence-corrected chi connectivity index (χ1v) is 4.13. The number of hydrogen-bond donors (Lipinski definition) is 2. The van der Waals surface area contributed by atoms with Gasteiger partial charge >= 0.3 is 11.9 Å². The van der Waals surface area contributed by atoms with Crippen LogP contribution in [0.1, 0.15) is 12.8 Å². The van der Waals surface area contributed by atoms with Crippen LogP contribution in [0, 0.1) is 11.8 Å². The molecule has 5 nitrogen and oxygen atoms in total. The summed E-state index contributed by atoms with van der Waals surface area (Å²) in [7, 11) is 0. The maximum atomic E-state index is 10.7. The Morgan fingerprint density at radius 1 is 1.38 bits per heavy atom. The van der Waals surface area contributed by atoms with Gasteiger partial charge in [-0.3, -0.25) is 9.59 Å². The summed E-state index contributed by atoms with van der Waals surface area (Å²) in [6, 6.07) is 0. The number of carbonyl (C=O) groups is 2. The van der Waals surface area contributed by atoms with E-state index < -0.39 is 17.9 Å². The monoisotopic (exact) mass is 188 g/mol. The molecule has 0 aromatic heterocycles. The van der Waals surface area contributed by atoms with E-state index in [4.69, 9.17) is 14.9 Å². The summed E-state index contributed by atoms with van der Waals surface area (Å²) < 4.78 is 4.98. The highest BCUT2D eigenvalue weighted by Gasteiger charge is 2.32. The van der Waals surface area contributed by atoms with Crippen LogP contribution >= 0.6 is 0 Å². The fraction of sp³-hybridized carbons (Fsp3) is 0.750. The van der Waals surface area contributed by atoms with Gasteiger partial charge in [0.15, 0.2) is 0 Å². The first-order valence-electron chi connectivity index (χ1n) is 4.13. The van der Waals surface area contributed by atoms with E-state index in [0.717, 1.165) is 0 Å². The molecule has 0 saturated carbocycles. The lowest BCUT2D eigenvalue weighted by Gasteiger charge is -2.27. The van der Waals surface area contributed by atoms with Crippen LogP contribution in [0.5, 0.6) is 0 Å². The van der Waals surface area contributed by atoms with E-state index in [2.05, 4.69) is 0 Å². The van der Waals surface area contributed by atoms with Crippen LogP contribution in [0.2, 0.25) is 0 Å². The lowest BCUT2D eigenvalue weighted by molar-refractivity contribution is -0.151. The van der Waals surface area contributed by atoms with E-state index in [1.807, 2.05) is 0 Å². The Kier molecular flexibility index (Phi) is 3.25. The van der Waals surface area contributed by atoms with E-state index >= 15 is 0 Å². The first kappa shape index (κ1) is 9.98. The Morgan fingerprint density at radius 3 is 2.62 bits per heavy atom. The minimum absolute atomic E-state index is 0.0830. The predicted octanol–water partition coefficient (Wildman–Crippen LogP) is 0.198. The van der Waals surface area contributed by atoms with E-state index in [9.17, 15) is 9.59 Å². The molecule has 13 heavy (non-hydrogen) atoms. The quantitative estimate of drug-likeness (QED) is 0.660. The number of ether oxygens (including phenoxy) is 1. The topological polar surface area (TPSA) is 83.8 Å². The number of hydrogen-bond acceptors (Lipinski definition) is 3. The highest BCUT2D eigenvalue weighted by atomic mass is 16.5. The number of rotatable bonds is 3. The van der Waals surface area contributed by atoms with Crippen LogP contribution < -0.4 is 0 Å². The molecule has 0 aromatic carbocycles. The summed E-state index contributed by atoms with van der Waals surface area (Å²) in [4.78, 5) is 21.1. The maximum absolute atomic E-state index is 10.7. The lowest BCUT2D eigenvalue weighted by Crippen LogP contribution is -2.34. The number of aliphatic carboxylic acids is 2. The minimum atomic E-state index is -0.967. The molecule has 0 amide bonds.